The van der Waals surface area contributed by atoms with Crippen LogP contribution in [0.1, 0.15) is 16.1 Å². The fourth-order valence-corrected chi connectivity index (χ4v) is 2.56. The van der Waals surface area contributed by atoms with Crippen LogP contribution in [0, 0.1) is 22.9 Å². The molecule has 0 saturated heterocycles. The first-order valence-electron chi connectivity index (χ1n) is 7.86. The van der Waals surface area contributed by atoms with Crippen molar-refractivity contribution in [1.82, 2.24) is 9.78 Å². The largest absolute Gasteiger partial charge is 0.490 e. The van der Waals surface area contributed by atoms with Crippen LogP contribution in [-0.2, 0) is 0 Å². The van der Waals surface area contributed by atoms with Crippen LogP contribution >= 0.6 is 0 Å². The Kier molecular flexibility index (Phi) is 4.84. The van der Waals surface area contributed by atoms with Crippen molar-refractivity contribution in [2.75, 3.05) is 12.4 Å². The number of aromatic nitrogens is 2. The van der Waals surface area contributed by atoms with Crippen molar-refractivity contribution in [2.24, 2.45) is 0 Å². The third-order valence-corrected chi connectivity index (χ3v) is 3.79. The first-order chi connectivity index (χ1) is 12.9. The highest BCUT2D eigenvalue weighted by atomic mass is 19.1. The van der Waals surface area contributed by atoms with E-state index in [0.29, 0.717) is 5.69 Å². The van der Waals surface area contributed by atoms with Gasteiger partial charge in [-0.2, -0.15) is 5.10 Å². The van der Waals surface area contributed by atoms with Crippen LogP contribution in [0.5, 0.6) is 5.75 Å². The summed E-state index contributed by atoms with van der Waals surface area (Å²) in [7, 11) is 1.30. The van der Waals surface area contributed by atoms with Gasteiger partial charge in [-0.05, 0) is 31.2 Å². The molecule has 0 radical (unpaired) electrons. The molecule has 3 rings (SSSR count). The summed E-state index contributed by atoms with van der Waals surface area (Å²) >= 11 is 0. The number of nitrogens with zero attached hydrogens (tertiary/aromatic N) is 3. The van der Waals surface area contributed by atoms with Crippen molar-refractivity contribution in [3.05, 3.63) is 75.7 Å². The number of carbonyl (C=O) groups is 1. The van der Waals surface area contributed by atoms with Gasteiger partial charge in [0, 0.05) is 17.7 Å². The van der Waals surface area contributed by atoms with Crippen LogP contribution in [0.25, 0.3) is 5.69 Å². The number of nitro groups is 1. The van der Waals surface area contributed by atoms with Crippen molar-refractivity contribution in [3.8, 4) is 11.4 Å². The van der Waals surface area contributed by atoms with E-state index in [-0.39, 0.29) is 28.5 Å². The molecule has 0 spiro atoms. The molecule has 0 unspecified atom stereocenters. The minimum absolute atomic E-state index is 0.0452. The molecular weight excluding hydrogens is 355 g/mol. The molecule has 1 amide bonds. The average molecular weight is 370 g/mol. The zero-order valence-corrected chi connectivity index (χ0v) is 14.5. The zero-order chi connectivity index (χ0) is 19.6. The van der Waals surface area contributed by atoms with E-state index in [2.05, 4.69) is 10.4 Å². The number of ether oxygens (including phenoxy) is 1. The Morgan fingerprint density at radius 2 is 2.00 bits per heavy atom. The number of rotatable bonds is 5. The van der Waals surface area contributed by atoms with Gasteiger partial charge in [0.25, 0.3) is 5.91 Å². The fraction of sp³-hybridized carbons (Fsp3) is 0.111. The van der Waals surface area contributed by atoms with E-state index < -0.39 is 16.6 Å². The number of nitro benzene ring substituents is 1. The van der Waals surface area contributed by atoms with Gasteiger partial charge >= 0.3 is 5.69 Å². The summed E-state index contributed by atoms with van der Waals surface area (Å²) in [6, 6.07) is 11.4. The first-order valence-corrected chi connectivity index (χ1v) is 7.86. The third-order valence-electron chi connectivity index (χ3n) is 3.79. The van der Waals surface area contributed by atoms with Crippen LogP contribution in [0.3, 0.4) is 0 Å². The van der Waals surface area contributed by atoms with Gasteiger partial charge < -0.3 is 10.1 Å². The molecule has 1 N–H and O–H groups in total. The fourth-order valence-electron chi connectivity index (χ4n) is 2.56. The number of anilines is 1. The van der Waals surface area contributed by atoms with Gasteiger partial charge in [-0.25, -0.2) is 9.07 Å². The van der Waals surface area contributed by atoms with Crippen LogP contribution < -0.4 is 10.1 Å². The predicted molar refractivity (Wildman–Crippen MR) is 95.9 cm³/mol. The lowest BCUT2D eigenvalue weighted by atomic mass is 10.1. The normalized spacial score (nSPS) is 10.5. The zero-order valence-electron chi connectivity index (χ0n) is 14.5. The number of amides is 1. The van der Waals surface area contributed by atoms with Gasteiger partial charge in [-0.1, -0.05) is 12.1 Å². The number of benzene rings is 2. The predicted octanol–water partition coefficient (Wildman–Crippen LogP) is 3.49. The highest BCUT2D eigenvalue weighted by Crippen LogP contribution is 2.28. The second kappa shape index (κ2) is 7.24. The van der Waals surface area contributed by atoms with E-state index >= 15 is 0 Å². The molecule has 3 aromatic rings. The standard InChI is InChI=1S/C18H15FN4O4/c1-11-9-17(22(21-11)14-6-4-3-5-13(14)19)20-18(24)12-7-8-16(27-2)15(10-12)23(25)26/h3-10H,1-2H3,(H,20,24). The molecule has 1 heterocycles. The summed E-state index contributed by atoms with van der Waals surface area (Å²) < 4.78 is 20.3. The van der Waals surface area contributed by atoms with E-state index in [1.807, 2.05) is 0 Å². The van der Waals surface area contributed by atoms with E-state index in [1.165, 1.54) is 36.1 Å². The summed E-state index contributed by atoms with van der Waals surface area (Å²) in [5.41, 5.74) is 0.459. The van der Waals surface area contributed by atoms with Crippen molar-refractivity contribution in [3.63, 3.8) is 0 Å². The quantitative estimate of drug-likeness (QED) is 0.547. The maximum absolute atomic E-state index is 14.1. The van der Waals surface area contributed by atoms with Crippen molar-refractivity contribution in [1.29, 1.82) is 0 Å². The lowest BCUT2D eigenvalue weighted by Gasteiger charge is -2.10. The molecule has 0 aliphatic rings. The van der Waals surface area contributed by atoms with Crippen LogP contribution in [-0.4, -0.2) is 27.7 Å². The summed E-state index contributed by atoms with van der Waals surface area (Å²) in [4.78, 5) is 23.1. The minimum atomic E-state index is -0.636. The summed E-state index contributed by atoms with van der Waals surface area (Å²) in [5.74, 6) is -0.820. The van der Waals surface area contributed by atoms with Crippen LogP contribution in [0.4, 0.5) is 15.9 Å². The number of halogens is 1. The molecule has 0 atom stereocenters. The molecule has 2 aromatic carbocycles. The first kappa shape index (κ1) is 18.1. The molecule has 27 heavy (non-hydrogen) atoms. The number of carbonyl (C=O) groups excluding carboxylic acids is 1. The average Bonchev–Trinajstić information content (AvgIpc) is 3.01. The van der Waals surface area contributed by atoms with Crippen molar-refractivity contribution >= 4 is 17.4 Å². The van der Waals surface area contributed by atoms with Gasteiger partial charge in [-0.15, -0.1) is 0 Å². The van der Waals surface area contributed by atoms with Gasteiger partial charge in [0.2, 0.25) is 0 Å². The Hall–Kier alpha value is -3.75. The second-order valence-electron chi connectivity index (χ2n) is 5.63. The molecule has 1 aromatic heterocycles. The summed E-state index contributed by atoms with van der Waals surface area (Å²) in [5, 5.41) is 17.9. The molecule has 0 bridgehead atoms. The molecule has 0 saturated carbocycles. The highest BCUT2D eigenvalue weighted by Gasteiger charge is 2.20. The SMILES string of the molecule is COc1ccc(C(=O)Nc2cc(C)nn2-c2ccccc2F)cc1[N+](=O)[O-]. The van der Waals surface area contributed by atoms with E-state index in [0.717, 1.165) is 6.07 Å². The van der Waals surface area contributed by atoms with Gasteiger partial charge in [0.1, 0.15) is 17.3 Å². The van der Waals surface area contributed by atoms with E-state index in [9.17, 15) is 19.3 Å². The van der Waals surface area contributed by atoms with Crippen molar-refractivity contribution in [2.45, 2.75) is 6.92 Å². The molecule has 8 nitrogen and oxygen atoms in total. The summed E-state index contributed by atoms with van der Waals surface area (Å²) in [6.07, 6.45) is 0. The molecule has 0 aliphatic heterocycles. The second-order valence-corrected chi connectivity index (χ2v) is 5.63. The number of hydrogen-bond acceptors (Lipinski definition) is 5. The lowest BCUT2D eigenvalue weighted by molar-refractivity contribution is -0.385. The maximum atomic E-state index is 14.1. The Labute approximate surface area is 153 Å². The number of para-hydroxylation sites is 1. The Balaban J connectivity index is 1.95. The van der Waals surface area contributed by atoms with E-state index in [4.69, 9.17) is 4.74 Å². The van der Waals surface area contributed by atoms with E-state index in [1.54, 1.807) is 25.1 Å². The van der Waals surface area contributed by atoms with Gasteiger partial charge in [0.05, 0.1) is 17.7 Å². The third kappa shape index (κ3) is 3.61. The molecular formula is C18H15FN4O4. The Morgan fingerprint density at radius 1 is 1.26 bits per heavy atom. The Bertz CT molecular complexity index is 1030. The van der Waals surface area contributed by atoms with Crippen molar-refractivity contribution < 1.29 is 18.8 Å². The molecule has 9 heteroatoms. The maximum Gasteiger partial charge on any atom is 0.311 e. The monoisotopic (exact) mass is 370 g/mol. The number of methoxy groups -OCH3 is 1. The highest BCUT2D eigenvalue weighted by molar-refractivity contribution is 6.04. The summed E-state index contributed by atoms with van der Waals surface area (Å²) in [6.45, 7) is 1.70. The molecule has 138 valence electrons. The topological polar surface area (TPSA) is 99.3 Å². The Morgan fingerprint density at radius 3 is 2.67 bits per heavy atom. The van der Waals surface area contributed by atoms with Gasteiger partial charge in [0.15, 0.2) is 5.75 Å². The number of nitrogens with one attached hydrogen (secondary N) is 1. The smallest absolute Gasteiger partial charge is 0.311 e. The molecule has 0 aliphatic carbocycles. The molecule has 0 fully saturated rings. The number of aryl methyl sites for hydroxylation is 1. The van der Waals surface area contributed by atoms with Crippen LogP contribution in [0.15, 0.2) is 48.5 Å². The minimum Gasteiger partial charge on any atom is -0.490 e. The number of hydrogen-bond donors (Lipinski definition) is 1. The lowest BCUT2D eigenvalue weighted by Crippen LogP contribution is -2.16. The van der Waals surface area contributed by atoms with Gasteiger partial charge in [-0.3, -0.25) is 14.9 Å². The van der Waals surface area contributed by atoms with Crippen LogP contribution in [0.2, 0.25) is 0 Å².